The van der Waals surface area contributed by atoms with Crippen molar-refractivity contribution in [1.29, 1.82) is 0 Å². The molecule has 3 aromatic rings. The minimum atomic E-state index is -0.808. The SMILES string of the molecule is O=C1NN(c2ccccc2)C(c2cc([N+](=O)[O-])ccc2O)N(c2ccccc2)N1. The first-order valence-electron chi connectivity index (χ1n) is 8.78. The number of nitrogens with one attached hydrogen (secondary N) is 2. The van der Waals surface area contributed by atoms with E-state index in [1.807, 2.05) is 12.1 Å². The summed E-state index contributed by atoms with van der Waals surface area (Å²) in [6, 6.07) is 21.4. The number of carbonyl (C=O) groups excluding carboxylic acids is 1. The van der Waals surface area contributed by atoms with Crippen LogP contribution in [0.2, 0.25) is 0 Å². The Kier molecular flexibility index (Phi) is 4.62. The van der Waals surface area contributed by atoms with Crippen molar-refractivity contribution in [2.45, 2.75) is 6.17 Å². The Morgan fingerprint density at radius 3 is 1.86 bits per heavy atom. The van der Waals surface area contributed by atoms with Crippen LogP contribution in [-0.4, -0.2) is 16.1 Å². The van der Waals surface area contributed by atoms with Crippen LogP contribution in [0.1, 0.15) is 11.7 Å². The van der Waals surface area contributed by atoms with Crippen molar-refractivity contribution >= 4 is 23.1 Å². The Balaban J connectivity index is 1.90. The van der Waals surface area contributed by atoms with Crippen LogP contribution < -0.4 is 20.9 Å². The van der Waals surface area contributed by atoms with E-state index in [9.17, 15) is 20.0 Å². The number of nitro benzene ring substituents is 1. The fourth-order valence-corrected chi connectivity index (χ4v) is 3.21. The van der Waals surface area contributed by atoms with E-state index in [-0.39, 0.29) is 17.0 Å². The van der Waals surface area contributed by atoms with Gasteiger partial charge in [-0.05, 0) is 30.3 Å². The number of urea groups is 1. The molecule has 9 heteroatoms. The van der Waals surface area contributed by atoms with Crippen molar-refractivity contribution in [3.05, 3.63) is 94.5 Å². The minimum absolute atomic E-state index is 0.139. The molecule has 9 nitrogen and oxygen atoms in total. The lowest BCUT2D eigenvalue weighted by molar-refractivity contribution is -0.385. The molecule has 29 heavy (non-hydrogen) atoms. The first kappa shape index (κ1) is 18.1. The first-order valence-corrected chi connectivity index (χ1v) is 8.78. The van der Waals surface area contributed by atoms with Crippen LogP contribution in [0, 0.1) is 10.1 Å². The molecular weight excluding hydrogens is 374 g/mol. The van der Waals surface area contributed by atoms with Gasteiger partial charge in [0.25, 0.3) is 5.69 Å². The standard InChI is InChI=1S/C20H17N5O4/c26-18-12-11-16(25(28)29)13-17(18)19-23(14-7-3-1-4-8-14)21-20(27)22-24(19)15-9-5-2-6-10-15/h1-13,19,26H,(H2,21,22,27). The summed E-state index contributed by atoms with van der Waals surface area (Å²) in [6.07, 6.45) is -0.808. The molecule has 0 spiro atoms. The molecule has 0 atom stereocenters. The van der Waals surface area contributed by atoms with Gasteiger partial charge in [0.1, 0.15) is 5.75 Å². The maximum atomic E-state index is 12.4. The summed E-state index contributed by atoms with van der Waals surface area (Å²) in [5.41, 5.74) is 6.79. The number of amides is 2. The van der Waals surface area contributed by atoms with Gasteiger partial charge < -0.3 is 5.11 Å². The number of para-hydroxylation sites is 2. The number of rotatable bonds is 4. The molecule has 1 aliphatic rings. The van der Waals surface area contributed by atoms with Crippen LogP contribution in [0.3, 0.4) is 0 Å². The monoisotopic (exact) mass is 391 g/mol. The summed E-state index contributed by atoms with van der Waals surface area (Å²) in [4.78, 5) is 23.2. The summed E-state index contributed by atoms with van der Waals surface area (Å²) >= 11 is 0. The van der Waals surface area contributed by atoms with Crippen molar-refractivity contribution in [2.24, 2.45) is 0 Å². The van der Waals surface area contributed by atoms with E-state index in [1.165, 1.54) is 18.2 Å². The smallest absolute Gasteiger partial charge is 0.352 e. The number of phenolic OH excluding ortho intramolecular Hbond substituents is 1. The van der Waals surface area contributed by atoms with Crippen molar-refractivity contribution < 1.29 is 14.8 Å². The number of benzene rings is 3. The average Bonchev–Trinajstić information content (AvgIpc) is 2.75. The average molecular weight is 391 g/mol. The van der Waals surface area contributed by atoms with E-state index in [0.29, 0.717) is 11.4 Å². The second-order valence-electron chi connectivity index (χ2n) is 6.34. The number of aromatic hydroxyl groups is 1. The normalized spacial score (nSPS) is 14.3. The lowest BCUT2D eigenvalue weighted by Crippen LogP contribution is -2.65. The van der Waals surface area contributed by atoms with E-state index >= 15 is 0 Å². The van der Waals surface area contributed by atoms with Gasteiger partial charge in [-0.2, -0.15) is 0 Å². The Labute approximate surface area is 165 Å². The van der Waals surface area contributed by atoms with Gasteiger partial charge in [-0.25, -0.2) is 15.6 Å². The second-order valence-corrected chi connectivity index (χ2v) is 6.34. The largest absolute Gasteiger partial charge is 0.508 e. The van der Waals surface area contributed by atoms with Gasteiger partial charge in [0, 0.05) is 17.7 Å². The highest BCUT2D eigenvalue weighted by Gasteiger charge is 2.37. The number of phenols is 1. The van der Waals surface area contributed by atoms with E-state index in [0.717, 1.165) is 0 Å². The fourth-order valence-electron chi connectivity index (χ4n) is 3.21. The third-order valence-electron chi connectivity index (χ3n) is 4.50. The summed E-state index contributed by atoms with van der Waals surface area (Å²) in [7, 11) is 0. The number of carbonyl (C=O) groups is 1. The number of hydrogen-bond donors (Lipinski definition) is 3. The van der Waals surface area contributed by atoms with Crippen LogP contribution in [0.15, 0.2) is 78.9 Å². The second kappa shape index (κ2) is 7.39. The quantitative estimate of drug-likeness (QED) is 0.464. The molecule has 0 unspecified atom stereocenters. The van der Waals surface area contributed by atoms with E-state index in [2.05, 4.69) is 10.9 Å². The third-order valence-corrected chi connectivity index (χ3v) is 4.50. The third kappa shape index (κ3) is 3.48. The molecule has 0 bridgehead atoms. The number of non-ortho nitro benzene ring substituents is 1. The van der Waals surface area contributed by atoms with Crippen molar-refractivity contribution in [3.8, 4) is 5.75 Å². The van der Waals surface area contributed by atoms with Gasteiger partial charge in [-0.3, -0.25) is 20.1 Å². The Morgan fingerprint density at radius 2 is 1.38 bits per heavy atom. The van der Waals surface area contributed by atoms with Crippen molar-refractivity contribution in [3.63, 3.8) is 0 Å². The maximum Gasteiger partial charge on any atom is 0.352 e. The molecule has 1 heterocycles. The number of nitro groups is 1. The molecular formula is C20H17N5O4. The molecule has 3 aromatic carbocycles. The summed E-state index contributed by atoms with van der Waals surface area (Å²) < 4.78 is 0. The molecule has 1 aliphatic heterocycles. The van der Waals surface area contributed by atoms with Crippen molar-refractivity contribution in [2.75, 3.05) is 10.0 Å². The van der Waals surface area contributed by atoms with Gasteiger partial charge in [-0.15, -0.1) is 0 Å². The molecule has 2 amide bonds. The molecule has 1 saturated heterocycles. The molecule has 1 fully saturated rings. The molecule has 0 saturated carbocycles. The highest BCUT2D eigenvalue weighted by Crippen LogP contribution is 2.38. The number of anilines is 2. The van der Waals surface area contributed by atoms with Crippen LogP contribution in [-0.2, 0) is 0 Å². The predicted molar refractivity (Wildman–Crippen MR) is 107 cm³/mol. The Hall–Kier alpha value is -4.27. The summed E-state index contributed by atoms with van der Waals surface area (Å²) in [5.74, 6) is -0.139. The lowest BCUT2D eigenvalue weighted by Gasteiger charge is -2.45. The minimum Gasteiger partial charge on any atom is -0.508 e. The number of hydrogen-bond acceptors (Lipinski definition) is 6. The van der Waals surface area contributed by atoms with Gasteiger partial charge in [0.05, 0.1) is 16.3 Å². The summed E-state index contributed by atoms with van der Waals surface area (Å²) in [5, 5.41) is 25.0. The topological polar surface area (TPSA) is 111 Å². The highest BCUT2D eigenvalue weighted by atomic mass is 16.6. The first-order chi connectivity index (χ1) is 14.0. The van der Waals surface area contributed by atoms with Gasteiger partial charge in [0.15, 0.2) is 6.17 Å². The van der Waals surface area contributed by atoms with Crippen molar-refractivity contribution in [1.82, 2.24) is 10.9 Å². The number of hydrazine groups is 2. The Morgan fingerprint density at radius 1 is 0.862 bits per heavy atom. The zero-order valence-electron chi connectivity index (χ0n) is 15.1. The Bertz CT molecular complexity index is 994. The molecule has 4 rings (SSSR count). The molecule has 0 aliphatic carbocycles. The number of nitrogens with zero attached hydrogens (tertiary/aromatic N) is 3. The lowest BCUT2D eigenvalue weighted by atomic mass is 10.1. The fraction of sp³-hybridized carbons (Fsp3) is 0.0500. The molecule has 0 aromatic heterocycles. The van der Waals surface area contributed by atoms with E-state index in [1.54, 1.807) is 58.5 Å². The summed E-state index contributed by atoms with van der Waals surface area (Å²) in [6.45, 7) is 0. The van der Waals surface area contributed by atoms with E-state index < -0.39 is 17.1 Å². The predicted octanol–water partition coefficient (Wildman–Crippen LogP) is 3.46. The molecule has 146 valence electrons. The molecule has 3 N–H and O–H groups in total. The zero-order chi connectivity index (χ0) is 20.4. The van der Waals surface area contributed by atoms with Gasteiger partial charge in [-0.1, -0.05) is 36.4 Å². The zero-order valence-corrected chi connectivity index (χ0v) is 15.1. The highest BCUT2D eigenvalue weighted by molar-refractivity contribution is 5.81. The van der Waals surface area contributed by atoms with Gasteiger partial charge in [0.2, 0.25) is 0 Å². The van der Waals surface area contributed by atoms with Crippen LogP contribution in [0.4, 0.5) is 21.9 Å². The van der Waals surface area contributed by atoms with E-state index in [4.69, 9.17) is 0 Å². The molecule has 0 radical (unpaired) electrons. The van der Waals surface area contributed by atoms with Crippen LogP contribution >= 0.6 is 0 Å². The van der Waals surface area contributed by atoms with Gasteiger partial charge >= 0.3 is 6.03 Å². The maximum absolute atomic E-state index is 12.4. The van der Waals surface area contributed by atoms with Crippen LogP contribution in [0.5, 0.6) is 5.75 Å². The van der Waals surface area contributed by atoms with Crippen LogP contribution in [0.25, 0.3) is 0 Å².